The predicted molar refractivity (Wildman–Crippen MR) is 71.5 cm³/mol. The van der Waals surface area contributed by atoms with Gasteiger partial charge in [-0.25, -0.2) is 0 Å². The zero-order chi connectivity index (χ0) is 13.2. The average Bonchev–Trinajstić information content (AvgIpc) is 2.38. The van der Waals surface area contributed by atoms with Gasteiger partial charge in [-0.2, -0.15) is 0 Å². The summed E-state index contributed by atoms with van der Waals surface area (Å²) in [6, 6.07) is 7.60. The van der Waals surface area contributed by atoms with Crippen LogP contribution in [0.2, 0.25) is 0 Å². The fourth-order valence-electron chi connectivity index (χ4n) is 1.49. The molecule has 0 amide bonds. The van der Waals surface area contributed by atoms with Crippen molar-refractivity contribution in [1.82, 2.24) is 0 Å². The van der Waals surface area contributed by atoms with Crippen LogP contribution in [0, 0.1) is 0 Å². The number of carbonyl (C=O) groups is 1. The number of aliphatic hydroxyl groups is 1. The largest absolute Gasteiger partial charge is 0.465 e. The molecule has 4 heteroatoms. The van der Waals surface area contributed by atoms with E-state index in [1.165, 1.54) is 0 Å². The number of para-hydroxylation sites is 1. The van der Waals surface area contributed by atoms with E-state index in [1.807, 2.05) is 24.3 Å². The Morgan fingerprint density at radius 2 is 2.22 bits per heavy atom. The number of nitrogens with one attached hydrogen (secondary N) is 1. The van der Waals surface area contributed by atoms with Crippen LogP contribution in [0.25, 0.3) is 0 Å². The molecule has 0 saturated heterocycles. The number of esters is 1. The lowest BCUT2D eigenvalue weighted by molar-refractivity contribution is -0.143. The molecular formula is C14H19NO3. The molecule has 0 radical (unpaired) electrons. The van der Waals surface area contributed by atoms with Crippen LogP contribution in [0.5, 0.6) is 0 Å². The summed E-state index contributed by atoms with van der Waals surface area (Å²) in [5.74, 6) is -0.281. The lowest BCUT2D eigenvalue weighted by Gasteiger charge is -2.10. The van der Waals surface area contributed by atoms with Crippen LogP contribution in [0.1, 0.15) is 12.0 Å². The first kappa shape index (κ1) is 14.3. The van der Waals surface area contributed by atoms with E-state index in [9.17, 15) is 4.79 Å². The molecule has 0 bridgehead atoms. The van der Waals surface area contributed by atoms with Crippen molar-refractivity contribution in [2.45, 2.75) is 12.8 Å². The molecule has 0 heterocycles. The number of benzene rings is 1. The first-order valence-corrected chi connectivity index (χ1v) is 5.97. The summed E-state index contributed by atoms with van der Waals surface area (Å²) in [5.41, 5.74) is 1.81. The molecule has 0 atom stereocenters. The van der Waals surface area contributed by atoms with Gasteiger partial charge in [0, 0.05) is 25.3 Å². The van der Waals surface area contributed by atoms with Crippen LogP contribution < -0.4 is 5.32 Å². The lowest BCUT2D eigenvalue weighted by atomic mass is 10.1. The minimum Gasteiger partial charge on any atom is -0.465 e. The van der Waals surface area contributed by atoms with Crippen LogP contribution in [-0.4, -0.2) is 30.8 Å². The topological polar surface area (TPSA) is 58.6 Å². The van der Waals surface area contributed by atoms with Gasteiger partial charge in [0.15, 0.2) is 0 Å². The molecule has 0 aromatic heterocycles. The van der Waals surface area contributed by atoms with Gasteiger partial charge >= 0.3 is 5.97 Å². The maximum Gasteiger partial charge on any atom is 0.310 e. The fourth-order valence-corrected chi connectivity index (χ4v) is 1.49. The molecule has 1 aromatic carbocycles. The summed E-state index contributed by atoms with van der Waals surface area (Å²) in [6.07, 6.45) is 2.46. The second-order valence-electron chi connectivity index (χ2n) is 3.80. The van der Waals surface area contributed by atoms with Crippen molar-refractivity contribution in [1.29, 1.82) is 0 Å². The normalized spacial score (nSPS) is 9.83. The molecule has 0 aliphatic carbocycles. The quantitative estimate of drug-likeness (QED) is 0.418. The first-order chi connectivity index (χ1) is 8.77. The molecule has 1 aromatic rings. The first-order valence-electron chi connectivity index (χ1n) is 5.97. The number of aliphatic hydroxyl groups excluding tert-OH is 1. The summed E-state index contributed by atoms with van der Waals surface area (Å²) < 4.78 is 5.00. The van der Waals surface area contributed by atoms with E-state index in [-0.39, 0.29) is 25.6 Å². The minimum atomic E-state index is -0.281. The molecule has 4 nitrogen and oxygen atoms in total. The standard InChI is InChI=1S/C14H19NO3/c1-2-8-15-13-7-4-3-6-12(13)11-14(17)18-10-5-9-16/h2-4,6-7,15-16H,1,5,8-11H2. The molecular weight excluding hydrogens is 230 g/mol. The molecule has 0 spiro atoms. The van der Waals surface area contributed by atoms with Gasteiger partial charge < -0.3 is 15.2 Å². The van der Waals surface area contributed by atoms with Crippen LogP contribution in [0.4, 0.5) is 5.69 Å². The molecule has 0 fully saturated rings. The number of hydrogen-bond donors (Lipinski definition) is 2. The van der Waals surface area contributed by atoms with Gasteiger partial charge in [-0.3, -0.25) is 4.79 Å². The van der Waals surface area contributed by atoms with Crippen molar-refractivity contribution < 1.29 is 14.6 Å². The Labute approximate surface area is 107 Å². The van der Waals surface area contributed by atoms with E-state index >= 15 is 0 Å². The van der Waals surface area contributed by atoms with E-state index in [1.54, 1.807) is 6.08 Å². The summed E-state index contributed by atoms with van der Waals surface area (Å²) in [7, 11) is 0. The lowest BCUT2D eigenvalue weighted by Crippen LogP contribution is -2.11. The van der Waals surface area contributed by atoms with E-state index in [4.69, 9.17) is 9.84 Å². The highest BCUT2D eigenvalue weighted by molar-refractivity contribution is 5.75. The zero-order valence-electron chi connectivity index (χ0n) is 10.4. The minimum absolute atomic E-state index is 0.0325. The number of carbonyl (C=O) groups excluding carboxylic acids is 1. The summed E-state index contributed by atoms with van der Waals surface area (Å²) in [5, 5.41) is 11.8. The Morgan fingerprint density at radius 1 is 1.44 bits per heavy atom. The van der Waals surface area contributed by atoms with Crippen molar-refractivity contribution in [3.05, 3.63) is 42.5 Å². The Hall–Kier alpha value is -1.81. The van der Waals surface area contributed by atoms with Gasteiger partial charge in [-0.15, -0.1) is 6.58 Å². The number of anilines is 1. The Bertz CT molecular complexity index is 390. The third kappa shape index (κ3) is 5.01. The van der Waals surface area contributed by atoms with Crippen LogP contribution in [0.15, 0.2) is 36.9 Å². The summed E-state index contributed by atoms with van der Waals surface area (Å²) in [4.78, 5) is 11.6. The third-order valence-corrected chi connectivity index (χ3v) is 2.35. The zero-order valence-corrected chi connectivity index (χ0v) is 10.4. The van der Waals surface area contributed by atoms with Gasteiger partial charge in [-0.05, 0) is 11.6 Å². The smallest absolute Gasteiger partial charge is 0.310 e. The van der Waals surface area contributed by atoms with E-state index in [2.05, 4.69) is 11.9 Å². The molecule has 98 valence electrons. The maximum atomic E-state index is 11.6. The number of hydrogen-bond acceptors (Lipinski definition) is 4. The molecule has 0 unspecified atom stereocenters. The van der Waals surface area contributed by atoms with Crippen molar-refractivity contribution in [3.63, 3.8) is 0 Å². The van der Waals surface area contributed by atoms with Crippen LogP contribution >= 0.6 is 0 Å². The van der Waals surface area contributed by atoms with Crippen molar-refractivity contribution >= 4 is 11.7 Å². The molecule has 1 rings (SSSR count). The highest BCUT2D eigenvalue weighted by Gasteiger charge is 2.08. The van der Waals surface area contributed by atoms with Crippen molar-refractivity contribution in [2.24, 2.45) is 0 Å². The van der Waals surface area contributed by atoms with Crippen LogP contribution in [-0.2, 0) is 16.0 Å². The SMILES string of the molecule is C=CCNc1ccccc1CC(=O)OCCCO. The van der Waals surface area contributed by atoms with E-state index in [0.29, 0.717) is 13.0 Å². The molecule has 0 aliphatic heterocycles. The average molecular weight is 249 g/mol. The summed E-state index contributed by atoms with van der Waals surface area (Å²) in [6.45, 7) is 4.58. The Morgan fingerprint density at radius 3 is 2.94 bits per heavy atom. The van der Waals surface area contributed by atoms with Gasteiger partial charge in [0.05, 0.1) is 13.0 Å². The van der Waals surface area contributed by atoms with Gasteiger partial charge in [-0.1, -0.05) is 24.3 Å². The Kier molecular flexibility index (Phi) is 6.58. The molecule has 2 N–H and O–H groups in total. The Balaban J connectivity index is 2.54. The van der Waals surface area contributed by atoms with E-state index in [0.717, 1.165) is 11.3 Å². The third-order valence-electron chi connectivity index (χ3n) is 2.35. The van der Waals surface area contributed by atoms with Gasteiger partial charge in [0.1, 0.15) is 0 Å². The number of ether oxygens (including phenoxy) is 1. The summed E-state index contributed by atoms with van der Waals surface area (Å²) >= 11 is 0. The van der Waals surface area contributed by atoms with Crippen LogP contribution in [0.3, 0.4) is 0 Å². The van der Waals surface area contributed by atoms with E-state index < -0.39 is 0 Å². The number of rotatable bonds is 8. The second-order valence-corrected chi connectivity index (χ2v) is 3.80. The van der Waals surface area contributed by atoms with Crippen molar-refractivity contribution in [2.75, 3.05) is 25.1 Å². The molecule has 0 saturated carbocycles. The highest BCUT2D eigenvalue weighted by atomic mass is 16.5. The molecule has 0 aliphatic rings. The van der Waals surface area contributed by atoms with Crippen molar-refractivity contribution in [3.8, 4) is 0 Å². The highest BCUT2D eigenvalue weighted by Crippen LogP contribution is 2.15. The predicted octanol–water partition coefficient (Wildman–Crippen LogP) is 1.75. The monoisotopic (exact) mass is 249 g/mol. The fraction of sp³-hybridized carbons (Fsp3) is 0.357. The molecule has 18 heavy (non-hydrogen) atoms. The second kappa shape index (κ2) is 8.31. The van der Waals surface area contributed by atoms with Gasteiger partial charge in [0.25, 0.3) is 0 Å². The maximum absolute atomic E-state index is 11.6. The van der Waals surface area contributed by atoms with Gasteiger partial charge in [0.2, 0.25) is 0 Å².